The van der Waals surface area contributed by atoms with Crippen molar-refractivity contribution in [3.05, 3.63) is 28.2 Å². The van der Waals surface area contributed by atoms with E-state index in [0.29, 0.717) is 18.8 Å². The van der Waals surface area contributed by atoms with Crippen LogP contribution in [0.4, 0.5) is 0 Å². The van der Waals surface area contributed by atoms with Crippen molar-refractivity contribution in [1.82, 2.24) is 15.1 Å². The van der Waals surface area contributed by atoms with Gasteiger partial charge in [0.2, 0.25) is 0 Å². The molecular formula is C15H18ClN3O2S. The molecule has 2 aromatic rings. The van der Waals surface area contributed by atoms with Gasteiger partial charge in [0.15, 0.2) is 5.69 Å². The molecule has 1 fully saturated rings. The van der Waals surface area contributed by atoms with Crippen LogP contribution in [-0.2, 0) is 11.3 Å². The van der Waals surface area contributed by atoms with E-state index in [-0.39, 0.29) is 12.0 Å². The lowest BCUT2D eigenvalue weighted by atomic mass is 10.2. The number of carbonyl (C=O) groups excluding carboxylic acids is 1. The van der Waals surface area contributed by atoms with E-state index in [0.717, 1.165) is 34.4 Å². The molecule has 2 aromatic heterocycles. The van der Waals surface area contributed by atoms with Crippen LogP contribution in [0.2, 0.25) is 4.34 Å². The molecule has 7 heteroatoms. The maximum atomic E-state index is 12.3. The van der Waals surface area contributed by atoms with Crippen LogP contribution in [0.5, 0.6) is 0 Å². The highest BCUT2D eigenvalue weighted by atomic mass is 35.5. The van der Waals surface area contributed by atoms with Gasteiger partial charge in [-0.2, -0.15) is 5.10 Å². The van der Waals surface area contributed by atoms with Crippen LogP contribution in [0.3, 0.4) is 0 Å². The molecule has 3 heterocycles. The molecule has 0 spiro atoms. The van der Waals surface area contributed by atoms with Crippen LogP contribution in [-0.4, -0.2) is 34.9 Å². The van der Waals surface area contributed by atoms with E-state index in [1.807, 2.05) is 29.8 Å². The summed E-state index contributed by atoms with van der Waals surface area (Å²) in [5, 5.41) is 7.29. The number of halogens is 1. The minimum atomic E-state index is -0.161. The molecule has 1 unspecified atom stereocenters. The summed E-state index contributed by atoms with van der Waals surface area (Å²) in [5.74, 6) is -0.161. The van der Waals surface area contributed by atoms with Gasteiger partial charge < -0.3 is 10.1 Å². The second-order valence-corrected chi connectivity index (χ2v) is 6.89. The maximum absolute atomic E-state index is 12.3. The van der Waals surface area contributed by atoms with Crippen molar-refractivity contribution in [3.63, 3.8) is 0 Å². The third kappa shape index (κ3) is 3.34. The van der Waals surface area contributed by atoms with Gasteiger partial charge in [-0.25, -0.2) is 0 Å². The molecule has 0 radical (unpaired) electrons. The third-order valence-corrected chi connectivity index (χ3v) is 4.91. The fraction of sp³-hybridized carbons (Fsp3) is 0.467. The van der Waals surface area contributed by atoms with E-state index in [4.69, 9.17) is 16.3 Å². The molecule has 1 N–H and O–H groups in total. The lowest BCUT2D eigenvalue weighted by Gasteiger charge is -2.09. The van der Waals surface area contributed by atoms with Gasteiger partial charge in [0.05, 0.1) is 21.0 Å². The summed E-state index contributed by atoms with van der Waals surface area (Å²) in [5.41, 5.74) is 1.35. The molecule has 22 heavy (non-hydrogen) atoms. The van der Waals surface area contributed by atoms with Gasteiger partial charge >= 0.3 is 0 Å². The Kier molecular flexibility index (Phi) is 4.81. The van der Waals surface area contributed by atoms with Gasteiger partial charge in [-0.15, -0.1) is 11.3 Å². The van der Waals surface area contributed by atoms with Crippen LogP contribution in [0.1, 0.15) is 30.3 Å². The Morgan fingerprint density at radius 1 is 1.59 bits per heavy atom. The van der Waals surface area contributed by atoms with E-state index in [1.165, 1.54) is 11.3 Å². The molecule has 5 nitrogen and oxygen atoms in total. The Balaban J connectivity index is 1.73. The first kappa shape index (κ1) is 15.5. The first-order valence-electron chi connectivity index (χ1n) is 7.40. The van der Waals surface area contributed by atoms with Crippen LogP contribution in [0.15, 0.2) is 18.2 Å². The number of aromatic nitrogens is 2. The molecule has 0 aromatic carbocycles. The van der Waals surface area contributed by atoms with Crippen molar-refractivity contribution in [2.75, 3.05) is 13.2 Å². The number of hydrogen-bond donors (Lipinski definition) is 1. The fourth-order valence-electron chi connectivity index (χ4n) is 2.52. The lowest BCUT2D eigenvalue weighted by Crippen LogP contribution is -2.32. The summed E-state index contributed by atoms with van der Waals surface area (Å²) in [6, 6.07) is 5.62. The molecule has 118 valence electrons. The van der Waals surface area contributed by atoms with Crippen molar-refractivity contribution >= 4 is 28.8 Å². The minimum Gasteiger partial charge on any atom is -0.376 e. The number of nitrogens with zero attached hydrogens (tertiary/aromatic N) is 2. The first-order chi connectivity index (χ1) is 10.7. The maximum Gasteiger partial charge on any atom is 0.271 e. The van der Waals surface area contributed by atoms with E-state index >= 15 is 0 Å². The molecule has 0 saturated carbocycles. The van der Waals surface area contributed by atoms with Crippen LogP contribution < -0.4 is 5.32 Å². The highest BCUT2D eigenvalue weighted by molar-refractivity contribution is 7.19. The number of aryl methyl sites for hydroxylation is 1. The first-order valence-corrected chi connectivity index (χ1v) is 8.60. The lowest BCUT2D eigenvalue weighted by molar-refractivity contribution is 0.0853. The van der Waals surface area contributed by atoms with Crippen LogP contribution in [0, 0.1) is 0 Å². The molecule has 1 aliphatic rings. The van der Waals surface area contributed by atoms with Crippen molar-refractivity contribution in [1.29, 1.82) is 0 Å². The standard InChI is InChI=1S/C15H18ClN3O2S/c1-2-19-12(13-5-6-14(16)22-13)8-11(18-19)15(20)17-9-10-4-3-7-21-10/h5-6,8,10H,2-4,7,9H2,1H3,(H,17,20). The van der Waals surface area contributed by atoms with Crippen molar-refractivity contribution in [2.24, 2.45) is 0 Å². The van der Waals surface area contributed by atoms with Crippen molar-refractivity contribution < 1.29 is 9.53 Å². The Morgan fingerprint density at radius 3 is 3.09 bits per heavy atom. The zero-order valence-electron chi connectivity index (χ0n) is 12.3. The van der Waals surface area contributed by atoms with Gasteiger partial charge in [-0.3, -0.25) is 9.48 Å². The van der Waals surface area contributed by atoms with E-state index in [2.05, 4.69) is 10.4 Å². The number of rotatable bonds is 5. The number of hydrogen-bond acceptors (Lipinski definition) is 4. The summed E-state index contributed by atoms with van der Waals surface area (Å²) < 4.78 is 8.06. The monoisotopic (exact) mass is 339 g/mol. The summed E-state index contributed by atoms with van der Waals surface area (Å²) in [7, 11) is 0. The summed E-state index contributed by atoms with van der Waals surface area (Å²) in [6.45, 7) is 4.02. The van der Waals surface area contributed by atoms with E-state index in [9.17, 15) is 4.79 Å². The topological polar surface area (TPSA) is 56.2 Å². The number of nitrogens with one attached hydrogen (secondary N) is 1. The Morgan fingerprint density at radius 2 is 2.45 bits per heavy atom. The van der Waals surface area contributed by atoms with Gasteiger partial charge in [0.25, 0.3) is 5.91 Å². The van der Waals surface area contributed by atoms with Crippen molar-refractivity contribution in [3.8, 4) is 10.6 Å². The average Bonchev–Trinajstić information content (AvgIpc) is 3.24. The predicted molar refractivity (Wildman–Crippen MR) is 87.5 cm³/mol. The molecule has 1 amide bonds. The number of carbonyl (C=O) groups is 1. The highest BCUT2D eigenvalue weighted by Crippen LogP contribution is 2.31. The highest BCUT2D eigenvalue weighted by Gasteiger charge is 2.19. The SMILES string of the molecule is CCn1nc(C(=O)NCC2CCCO2)cc1-c1ccc(Cl)s1. The summed E-state index contributed by atoms with van der Waals surface area (Å²) in [4.78, 5) is 13.3. The summed E-state index contributed by atoms with van der Waals surface area (Å²) in [6.07, 6.45) is 2.20. The third-order valence-electron chi connectivity index (χ3n) is 3.65. The molecule has 1 atom stereocenters. The second-order valence-electron chi connectivity index (χ2n) is 5.18. The number of ether oxygens (including phenoxy) is 1. The zero-order valence-corrected chi connectivity index (χ0v) is 13.9. The van der Waals surface area contributed by atoms with Crippen molar-refractivity contribution in [2.45, 2.75) is 32.4 Å². The normalized spacial score (nSPS) is 17.8. The van der Waals surface area contributed by atoms with Crippen LogP contribution in [0.25, 0.3) is 10.6 Å². The van der Waals surface area contributed by atoms with E-state index < -0.39 is 0 Å². The van der Waals surface area contributed by atoms with Gasteiger partial charge in [-0.05, 0) is 38.0 Å². The Bertz CT molecular complexity index is 662. The van der Waals surface area contributed by atoms with Crippen LogP contribution >= 0.6 is 22.9 Å². The smallest absolute Gasteiger partial charge is 0.271 e. The Hall–Kier alpha value is -1.37. The molecule has 3 rings (SSSR count). The molecule has 0 aliphatic carbocycles. The molecular weight excluding hydrogens is 322 g/mol. The quantitative estimate of drug-likeness (QED) is 0.910. The zero-order chi connectivity index (χ0) is 15.5. The largest absolute Gasteiger partial charge is 0.376 e. The predicted octanol–water partition coefficient (Wildman–Crippen LogP) is 3.19. The molecule has 0 bridgehead atoms. The fourth-order valence-corrected chi connectivity index (χ4v) is 3.58. The molecule has 1 aliphatic heterocycles. The summed E-state index contributed by atoms with van der Waals surface area (Å²) >= 11 is 7.48. The Labute approximate surface area is 138 Å². The van der Waals surface area contributed by atoms with Gasteiger partial charge in [0, 0.05) is 19.7 Å². The van der Waals surface area contributed by atoms with E-state index in [1.54, 1.807) is 0 Å². The number of thiophene rings is 1. The minimum absolute atomic E-state index is 0.132. The average molecular weight is 340 g/mol. The van der Waals surface area contributed by atoms with Gasteiger partial charge in [-0.1, -0.05) is 11.6 Å². The molecule has 1 saturated heterocycles. The number of amides is 1. The second kappa shape index (κ2) is 6.81. The van der Waals surface area contributed by atoms with Gasteiger partial charge in [0.1, 0.15) is 0 Å².